The molecule has 0 fully saturated rings. The Bertz CT molecular complexity index is 1030. The molecule has 2 aromatic rings. The third-order valence-electron chi connectivity index (χ3n) is 4.21. The van der Waals surface area contributed by atoms with Gasteiger partial charge in [0.15, 0.2) is 6.10 Å². The van der Waals surface area contributed by atoms with Crippen molar-refractivity contribution >= 4 is 21.8 Å². The van der Waals surface area contributed by atoms with Gasteiger partial charge in [-0.1, -0.05) is 18.1 Å². The van der Waals surface area contributed by atoms with E-state index < -0.39 is 22.1 Å². The molecule has 0 aliphatic rings. The number of ketones is 1. The van der Waals surface area contributed by atoms with Crippen molar-refractivity contribution in [1.82, 2.24) is 4.72 Å². The van der Waals surface area contributed by atoms with Crippen LogP contribution in [0.4, 0.5) is 0 Å². The first-order chi connectivity index (χ1) is 13.2. The minimum Gasteiger partial charge on any atom is -0.451 e. The number of carbonyl (C=O) groups is 2. The fourth-order valence-corrected chi connectivity index (χ4v) is 3.34. The number of rotatable bonds is 7. The summed E-state index contributed by atoms with van der Waals surface area (Å²) in [7, 11) is -3.74. The van der Waals surface area contributed by atoms with E-state index in [-0.39, 0.29) is 22.8 Å². The van der Waals surface area contributed by atoms with Crippen LogP contribution in [-0.2, 0) is 14.8 Å². The number of benzene rings is 2. The summed E-state index contributed by atoms with van der Waals surface area (Å²) in [6.07, 6.45) is 4.06. The summed E-state index contributed by atoms with van der Waals surface area (Å²) >= 11 is 0. The molecule has 7 heteroatoms. The summed E-state index contributed by atoms with van der Waals surface area (Å²) in [5.74, 6) is 1.15. The Balaban J connectivity index is 2.08. The number of aryl methyl sites for hydroxylation is 2. The van der Waals surface area contributed by atoms with Gasteiger partial charge in [0, 0.05) is 5.56 Å². The van der Waals surface area contributed by atoms with E-state index in [4.69, 9.17) is 11.2 Å². The second-order valence-electron chi connectivity index (χ2n) is 6.26. The van der Waals surface area contributed by atoms with Crippen molar-refractivity contribution in [3.63, 3.8) is 0 Å². The van der Waals surface area contributed by atoms with Gasteiger partial charge in [-0.2, -0.15) is 4.72 Å². The summed E-state index contributed by atoms with van der Waals surface area (Å²) in [5.41, 5.74) is 2.63. The number of nitrogens with one attached hydrogen (secondary N) is 1. The molecule has 6 nitrogen and oxygen atoms in total. The largest absolute Gasteiger partial charge is 0.451 e. The van der Waals surface area contributed by atoms with Crippen molar-refractivity contribution in [3.05, 3.63) is 64.7 Å². The highest BCUT2D eigenvalue weighted by Gasteiger charge is 2.21. The summed E-state index contributed by atoms with van der Waals surface area (Å²) in [6.45, 7) is 5.21. The summed E-state index contributed by atoms with van der Waals surface area (Å²) in [6, 6.07) is 10.5. The van der Waals surface area contributed by atoms with Crippen molar-refractivity contribution in [2.24, 2.45) is 0 Å². The standard InChI is InChI=1S/C21H21NO5S/c1-5-12-22-28(25,26)19-10-8-17(9-11-19)21(24)27-16(4)20(23)18-7-6-14(2)15(3)13-18/h1,6-11,13,16,22H,12H2,2-4H3. The van der Waals surface area contributed by atoms with Crippen LogP contribution in [0, 0.1) is 26.2 Å². The SMILES string of the molecule is C#CCNS(=O)(=O)c1ccc(C(=O)OC(C)C(=O)c2ccc(C)c(C)c2)cc1. The number of ether oxygens (including phenoxy) is 1. The van der Waals surface area contributed by atoms with Crippen molar-refractivity contribution < 1.29 is 22.7 Å². The predicted octanol–water partition coefficient (Wildman–Crippen LogP) is 2.64. The summed E-state index contributed by atoms with van der Waals surface area (Å²) in [4.78, 5) is 24.7. The van der Waals surface area contributed by atoms with Crippen LogP contribution in [0.5, 0.6) is 0 Å². The minimum absolute atomic E-state index is 0.0291. The lowest BCUT2D eigenvalue weighted by Gasteiger charge is -2.13. The smallest absolute Gasteiger partial charge is 0.338 e. The zero-order chi connectivity index (χ0) is 20.9. The third-order valence-corrected chi connectivity index (χ3v) is 5.63. The fourth-order valence-electron chi connectivity index (χ4n) is 2.40. The molecule has 2 rings (SSSR count). The molecule has 146 valence electrons. The van der Waals surface area contributed by atoms with Crippen LogP contribution in [-0.4, -0.2) is 32.8 Å². The molecule has 0 saturated carbocycles. The molecule has 0 amide bonds. The van der Waals surface area contributed by atoms with Gasteiger partial charge in [0.2, 0.25) is 15.8 Å². The average molecular weight is 399 g/mol. The first kappa shape index (κ1) is 21.4. The number of terminal acetylenes is 1. The van der Waals surface area contributed by atoms with Gasteiger partial charge in [0.1, 0.15) is 0 Å². The second kappa shape index (κ2) is 8.83. The Morgan fingerprint density at radius 2 is 1.68 bits per heavy atom. The van der Waals surface area contributed by atoms with Crippen molar-refractivity contribution in [1.29, 1.82) is 0 Å². The molecule has 28 heavy (non-hydrogen) atoms. The van der Waals surface area contributed by atoms with Gasteiger partial charge in [0.25, 0.3) is 0 Å². The number of sulfonamides is 1. The Labute approximate surface area is 165 Å². The van der Waals surface area contributed by atoms with Crippen LogP contribution in [0.2, 0.25) is 0 Å². The second-order valence-corrected chi connectivity index (χ2v) is 8.03. The van der Waals surface area contributed by atoms with E-state index >= 15 is 0 Å². The first-order valence-corrected chi connectivity index (χ1v) is 9.99. The maximum Gasteiger partial charge on any atom is 0.338 e. The zero-order valence-electron chi connectivity index (χ0n) is 15.9. The molecule has 1 atom stereocenters. The van der Waals surface area contributed by atoms with E-state index in [1.807, 2.05) is 19.9 Å². The topological polar surface area (TPSA) is 89.5 Å². The Hall–Kier alpha value is -2.95. The van der Waals surface area contributed by atoms with Gasteiger partial charge in [-0.3, -0.25) is 4.79 Å². The van der Waals surface area contributed by atoms with Crippen LogP contribution >= 0.6 is 0 Å². The monoisotopic (exact) mass is 399 g/mol. The molecule has 0 aliphatic heterocycles. The van der Waals surface area contributed by atoms with Crippen LogP contribution in [0.15, 0.2) is 47.4 Å². The maximum atomic E-state index is 12.5. The lowest BCUT2D eigenvalue weighted by Crippen LogP contribution is -2.25. The molecule has 2 aromatic carbocycles. The summed E-state index contributed by atoms with van der Waals surface area (Å²) < 4.78 is 31.4. The van der Waals surface area contributed by atoms with Gasteiger partial charge < -0.3 is 4.74 Å². The molecule has 0 saturated heterocycles. The van der Waals surface area contributed by atoms with Crippen LogP contribution in [0.25, 0.3) is 0 Å². The highest BCUT2D eigenvalue weighted by Crippen LogP contribution is 2.15. The highest BCUT2D eigenvalue weighted by atomic mass is 32.2. The van der Waals surface area contributed by atoms with E-state index in [1.54, 1.807) is 12.1 Å². The molecule has 1 unspecified atom stereocenters. The molecule has 0 spiro atoms. The third kappa shape index (κ3) is 5.06. The number of hydrogen-bond acceptors (Lipinski definition) is 5. The number of Topliss-reactive ketones (excluding diaryl/α,β-unsaturated/α-hetero) is 1. The quantitative estimate of drug-likeness (QED) is 0.439. The Kier molecular flexibility index (Phi) is 6.73. The normalized spacial score (nSPS) is 12.1. The number of hydrogen-bond donors (Lipinski definition) is 1. The Morgan fingerprint density at radius 3 is 2.25 bits per heavy atom. The number of carbonyl (C=O) groups excluding carboxylic acids is 2. The predicted molar refractivity (Wildman–Crippen MR) is 106 cm³/mol. The van der Waals surface area contributed by atoms with Crippen molar-refractivity contribution in [2.45, 2.75) is 31.8 Å². The van der Waals surface area contributed by atoms with Crippen molar-refractivity contribution in [2.75, 3.05) is 6.54 Å². The molecule has 1 N–H and O–H groups in total. The van der Waals surface area contributed by atoms with E-state index in [9.17, 15) is 18.0 Å². The van der Waals surface area contributed by atoms with E-state index in [2.05, 4.69) is 10.6 Å². The first-order valence-electron chi connectivity index (χ1n) is 8.51. The van der Waals surface area contributed by atoms with E-state index in [1.165, 1.54) is 31.2 Å². The maximum absolute atomic E-state index is 12.5. The molecular formula is C21H21NO5S. The molecule has 0 bridgehead atoms. The molecule has 0 aromatic heterocycles. The number of esters is 1. The van der Waals surface area contributed by atoms with E-state index in [0.29, 0.717) is 5.56 Å². The van der Waals surface area contributed by atoms with Crippen LogP contribution in [0.1, 0.15) is 38.8 Å². The van der Waals surface area contributed by atoms with Gasteiger partial charge in [-0.25, -0.2) is 13.2 Å². The zero-order valence-corrected chi connectivity index (χ0v) is 16.7. The minimum atomic E-state index is -3.74. The fraction of sp³-hybridized carbons (Fsp3) is 0.238. The molecule has 0 radical (unpaired) electrons. The van der Waals surface area contributed by atoms with Crippen molar-refractivity contribution in [3.8, 4) is 12.3 Å². The summed E-state index contributed by atoms with van der Waals surface area (Å²) in [5, 5.41) is 0. The van der Waals surface area contributed by atoms with Gasteiger partial charge in [-0.15, -0.1) is 6.42 Å². The van der Waals surface area contributed by atoms with Gasteiger partial charge >= 0.3 is 5.97 Å². The molecule has 0 aliphatic carbocycles. The highest BCUT2D eigenvalue weighted by molar-refractivity contribution is 7.89. The lowest BCUT2D eigenvalue weighted by molar-refractivity contribution is 0.0318. The van der Waals surface area contributed by atoms with Gasteiger partial charge in [-0.05, 0) is 62.2 Å². The van der Waals surface area contributed by atoms with Crippen LogP contribution in [0.3, 0.4) is 0 Å². The van der Waals surface area contributed by atoms with Gasteiger partial charge in [0.05, 0.1) is 17.0 Å². The average Bonchev–Trinajstić information content (AvgIpc) is 2.68. The van der Waals surface area contributed by atoms with Crippen LogP contribution < -0.4 is 4.72 Å². The van der Waals surface area contributed by atoms with E-state index in [0.717, 1.165) is 11.1 Å². The molecule has 0 heterocycles. The lowest BCUT2D eigenvalue weighted by atomic mass is 10.0. The molecular weight excluding hydrogens is 378 g/mol. The Morgan fingerprint density at radius 1 is 1.07 bits per heavy atom.